The van der Waals surface area contributed by atoms with Crippen molar-refractivity contribution in [3.8, 4) is 0 Å². The number of carbonyl (C=O) groups excluding carboxylic acids is 1. The summed E-state index contributed by atoms with van der Waals surface area (Å²) < 4.78 is 67.7. The summed E-state index contributed by atoms with van der Waals surface area (Å²) in [5.41, 5.74) is -1.46. The molecular formula is C14H20F2O6S. The van der Waals surface area contributed by atoms with Crippen molar-refractivity contribution in [3.63, 3.8) is 0 Å². The summed E-state index contributed by atoms with van der Waals surface area (Å²) in [6, 6.07) is 0. The van der Waals surface area contributed by atoms with E-state index in [1.54, 1.807) is 14.0 Å². The number of rotatable bonds is 4. The number of esters is 1. The highest BCUT2D eigenvalue weighted by Crippen LogP contribution is 2.62. The highest BCUT2D eigenvalue weighted by atomic mass is 32.2. The third-order valence-electron chi connectivity index (χ3n) is 6.06. The Labute approximate surface area is 133 Å². The van der Waals surface area contributed by atoms with E-state index in [0.29, 0.717) is 18.8 Å². The van der Waals surface area contributed by atoms with Gasteiger partial charge < -0.3 is 9.47 Å². The van der Waals surface area contributed by atoms with Crippen LogP contribution in [0.1, 0.15) is 39.0 Å². The monoisotopic (exact) mass is 354 g/mol. The summed E-state index contributed by atoms with van der Waals surface area (Å²) in [5.74, 6) is -2.12. The second-order valence-corrected chi connectivity index (χ2v) is 8.76. The first kappa shape index (κ1) is 17.0. The van der Waals surface area contributed by atoms with Gasteiger partial charge in [-0.05, 0) is 44.9 Å². The molecule has 23 heavy (non-hydrogen) atoms. The van der Waals surface area contributed by atoms with E-state index in [0.717, 1.165) is 19.3 Å². The highest BCUT2D eigenvalue weighted by molar-refractivity contribution is 7.87. The van der Waals surface area contributed by atoms with E-state index in [4.69, 9.17) is 14.0 Å². The molecule has 0 saturated heterocycles. The zero-order valence-electron chi connectivity index (χ0n) is 12.9. The lowest BCUT2D eigenvalue weighted by atomic mass is 9.48. The van der Waals surface area contributed by atoms with E-state index in [2.05, 4.69) is 0 Å². The molecule has 0 aliphatic heterocycles. The van der Waals surface area contributed by atoms with Crippen molar-refractivity contribution in [1.82, 2.24) is 0 Å². The standard InChI is InChI=1S/C14H20F2O6S/c1-12(22-11(17)14(15,16)23(18,19)20)9-3-8-4-10(12)7-13(5-8,6-9)21-2/h8-10H,3-7H2,1-2H3,(H,18,19,20). The van der Waals surface area contributed by atoms with Crippen molar-refractivity contribution in [2.24, 2.45) is 17.8 Å². The fraction of sp³-hybridized carbons (Fsp3) is 0.929. The second-order valence-electron chi connectivity index (χ2n) is 7.30. The van der Waals surface area contributed by atoms with E-state index < -0.39 is 26.9 Å². The van der Waals surface area contributed by atoms with E-state index >= 15 is 0 Å². The molecule has 132 valence electrons. The van der Waals surface area contributed by atoms with E-state index in [1.807, 2.05) is 0 Å². The van der Waals surface area contributed by atoms with Crippen LogP contribution in [0.5, 0.6) is 0 Å². The molecule has 0 amide bonds. The number of halogens is 2. The molecule has 2 unspecified atom stereocenters. The molecule has 4 fully saturated rings. The Hall–Kier alpha value is -0.800. The smallest absolute Gasteiger partial charge is 0.453 e. The Balaban J connectivity index is 1.85. The van der Waals surface area contributed by atoms with Crippen LogP contribution in [0.3, 0.4) is 0 Å². The maximum atomic E-state index is 13.5. The summed E-state index contributed by atoms with van der Waals surface area (Å²) in [5, 5.41) is -4.95. The lowest BCUT2D eigenvalue weighted by Crippen LogP contribution is -2.65. The predicted molar refractivity (Wildman–Crippen MR) is 74.3 cm³/mol. The molecule has 4 aliphatic carbocycles. The Morgan fingerprint density at radius 2 is 1.74 bits per heavy atom. The summed E-state index contributed by atoms with van der Waals surface area (Å²) in [7, 11) is -4.23. The van der Waals surface area contributed by atoms with Gasteiger partial charge in [-0.3, -0.25) is 4.55 Å². The SMILES string of the molecule is COC12CC3CC(C1)C(C)(OC(=O)C(F)(F)S(=O)(=O)O)C(C3)C2. The van der Waals surface area contributed by atoms with Crippen LogP contribution in [0, 0.1) is 17.8 Å². The van der Waals surface area contributed by atoms with Crippen molar-refractivity contribution >= 4 is 16.1 Å². The Morgan fingerprint density at radius 1 is 1.22 bits per heavy atom. The molecule has 0 spiro atoms. The van der Waals surface area contributed by atoms with Gasteiger partial charge in [-0.15, -0.1) is 0 Å². The largest absolute Gasteiger partial charge is 0.465 e. The number of hydrogen-bond donors (Lipinski definition) is 1. The summed E-state index contributed by atoms with van der Waals surface area (Å²) in [4.78, 5) is 11.7. The molecule has 4 bridgehead atoms. The molecule has 0 radical (unpaired) electrons. The first-order valence-electron chi connectivity index (χ1n) is 7.57. The maximum absolute atomic E-state index is 13.5. The molecule has 0 aromatic rings. The van der Waals surface area contributed by atoms with E-state index in [1.165, 1.54) is 0 Å². The minimum Gasteiger partial charge on any atom is -0.453 e. The molecule has 6 nitrogen and oxygen atoms in total. The van der Waals surface area contributed by atoms with Crippen LogP contribution in [0.2, 0.25) is 0 Å². The van der Waals surface area contributed by atoms with Crippen LogP contribution in [0.25, 0.3) is 0 Å². The molecule has 0 heterocycles. The van der Waals surface area contributed by atoms with Gasteiger partial charge in [0.15, 0.2) is 0 Å². The number of ether oxygens (including phenoxy) is 2. The number of alkyl halides is 2. The normalized spacial score (nSPS) is 42.7. The summed E-state index contributed by atoms with van der Waals surface area (Å²) in [6.07, 6.45) is 3.59. The lowest BCUT2D eigenvalue weighted by Gasteiger charge is -2.62. The minimum absolute atomic E-state index is 0.158. The molecule has 2 atom stereocenters. The third kappa shape index (κ3) is 2.39. The number of methoxy groups -OCH3 is 1. The van der Waals surface area contributed by atoms with Crippen LogP contribution in [0.15, 0.2) is 0 Å². The van der Waals surface area contributed by atoms with E-state index in [9.17, 15) is 22.0 Å². The first-order valence-corrected chi connectivity index (χ1v) is 9.01. The number of hydrogen-bond acceptors (Lipinski definition) is 5. The van der Waals surface area contributed by atoms with Crippen LogP contribution in [-0.2, 0) is 24.4 Å². The van der Waals surface area contributed by atoms with Crippen LogP contribution in [-0.4, -0.2) is 42.5 Å². The number of carbonyl (C=O) groups is 1. The van der Waals surface area contributed by atoms with Crippen molar-refractivity contribution in [2.45, 2.75) is 55.5 Å². The molecule has 4 saturated carbocycles. The highest BCUT2D eigenvalue weighted by Gasteiger charge is 2.65. The molecule has 0 aromatic carbocycles. The van der Waals surface area contributed by atoms with Gasteiger partial charge in [0.2, 0.25) is 0 Å². The third-order valence-corrected chi connectivity index (χ3v) is 6.88. The topological polar surface area (TPSA) is 89.9 Å². The zero-order valence-corrected chi connectivity index (χ0v) is 13.7. The van der Waals surface area contributed by atoms with Crippen molar-refractivity contribution in [1.29, 1.82) is 0 Å². The fourth-order valence-electron chi connectivity index (χ4n) is 4.90. The van der Waals surface area contributed by atoms with Crippen molar-refractivity contribution in [3.05, 3.63) is 0 Å². The molecular weight excluding hydrogens is 334 g/mol. The predicted octanol–water partition coefficient (Wildman–Crippen LogP) is 1.99. The summed E-state index contributed by atoms with van der Waals surface area (Å²) in [6.45, 7) is 1.58. The van der Waals surface area contributed by atoms with Crippen LogP contribution >= 0.6 is 0 Å². The minimum atomic E-state index is -5.85. The quantitative estimate of drug-likeness (QED) is 0.613. The molecule has 9 heteroatoms. The van der Waals surface area contributed by atoms with Crippen molar-refractivity contribution in [2.75, 3.05) is 7.11 Å². The first-order chi connectivity index (χ1) is 10.4. The molecule has 1 N–H and O–H groups in total. The maximum Gasteiger partial charge on any atom is 0.465 e. The second kappa shape index (κ2) is 4.86. The van der Waals surface area contributed by atoms with Crippen molar-refractivity contribution < 1.29 is 36.0 Å². The lowest BCUT2D eigenvalue weighted by molar-refractivity contribution is -0.248. The molecule has 4 aliphatic rings. The van der Waals surface area contributed by atoms with Gasteiger partial charge in [0, 0.05) is 18.9 Å². The van der Waals surface area contributed by atoms with Gasteiger partial charge in [0.1, 0.15) is 5.60 Å². The molecule has 0 aromatic heterocycles. The van der Waals surface area contributed by atoms with Crippen LogP contribution < -0.4 is 0 Å². The Kier molecular flexibility index (Phi) is 3.60. The van der Waals surface area contributed by atoms with Gasteiger partial charge in [-0.25, -0.2) is 4.79 Å². The Morgan fingerprint density at radius 3 is 2.17 bits per heavy atom. The average molecular weight is 354 g/mol. The van der Waals surface area contributed by atoms with E-state index in [-0.39, 0.29) is 17.4 Å². The van der Waals surface area contributed by atoms with Crippen LogP contribution in [0.4, 0.5) is 8.78 Å². The average Bonchev–Trinajstić information content (AvgIpc) is 2.43. The fourth-order valence-corrected chi connectivity index (χ4v) is 5.15. The van der Waals surface area contributed by atoms with Gasteiger partial charge in [0.05, 0.1) is 5.60 Å². The van der Waals surface area contributed by atoms with Gasteiger partial charge in [-0.1, -0.05) is 0 Å². The van der Waals surface area contributed by atoms with Gasteiger partial charge in [-0.2, -0.15) is 17.2 Å². The van der Waals surface area contributed by atoms with Gasteiger partial charge in [0.25, 0.3) is 0 Å². The van der Waals surface area contributed by atoms with Gasteiger partial charge >= 0.3 is 21.3 Å². The zero-order chi connectivity index (χ0) is 17.3. The Bertz CT molecular complexity index is 615. The summed E-state index contributed by atoms with van der Waals surface area (Å²) >= 11 is 0. The molecule has 4 rings (SSSR count).